The number of benzene rings is 2. The molecule has 7 nitrogen and oxygen atoms in total. The number of nitrogens with one attached hydrogen (secondary N) is 2. The van der Waals surface area contributed by atoms with Crippen molar-refractivity contribution in [3.8, 4) is 11.4 Å². The van der Waals surface area contributed by atoms with Crippen LogP contribution in [-0.2, 0) is 4.79 Å². The Hall–Kier alpha value is -3.69. The number of carbonyl (C=O) groups is 1. The van der Waals surface area contributed by atoms with Gasteiger partial charge in [0.2, 0.25) is 5.91 Å². The van der Waals surface area contributed by atoms with Gasteiger partial charge < -0.3 is 24.8 Å². The van der Waals surface area contributed by atoms with E-state index in [2.05, 4.69) is 67.0 Å². The highest BCUT2D eigenvalue weighted by atomic mass is 79.9. The highest BCUT2D eigenvalue weighted by Crippen LogP contribution is 2.45. The second-order valence-corrected chi connectivity index (χ2v) is 10.6. The molecule has 1 saturated heterocycles. The molecule has 4 aromatic rings. The number of hydrogen-bond donors (Lipinski definition) is 2. The van der Waals surface area contributed by atoms with Crippen LogP contribution in [0.15, 0.2) is 77.4 Å². The van der Waals surface area contributed by atoms with Crippen molar-refractivity contribution in [2.75, 3.05) is 17.3 Å². The van der Waals surface area contributed by atoms with Crippen molar-refractivity contribution in [2.45, 2.75) is 39.3 Å². The molecule has 9 heteroatoms. The zero-order chi connectivity index (χ0) is 27.7. The van der Waals surface area contributed by atoms with E-state index in [1.165, 1.54) is 0 Å². The summed E-state index contributed by atoms with van der Waals surface area (Å²) in [6.07, 6.45) is 2.18. The van der Waals surface area contributed by atoms with Gasteiger partial charge in [0.25, 0.3) is 0 Å². The van der Waals surface area contributed by atoms with E-state index in [9.17, 15) is 4.79 Å². The van der Waals surface area contributed by atoms with Crippen molar-refractivity contribution in [1.82, 2.24) is 14.9 Å². The summed E-state index contributed by atoms with van der Waals surface area (Å²) < 4.78 is 8.95. The van der Waals surface area contributed by atoms with Crippen LogP contribution in [0.25, 0.3) is 5.69 Å². The van der Waals surface area contributed by atoms with Crippen LogP contribution in [-0.4, -0.2) is 27.7 Å². The third kappa shape index (κ3) is 5.04. The number of para-hydroxylation sites is 1. The first-order chi connectivity index (χ1) is 18.8. The molecule has 0 bridgehead atoms. The maximum atomic E-state index is 12.1. The molecule has 5 rings (SSSR count). The van der Waals surface area contributed by atoms with Gasteiger partial charge in [-0.2, -0.15) is 0 Å². The van der Waals surface area contributed by atoms with Gasteiger partial charge >= 0.3 is 0 Å². The van der Waals surface area contributed by atoms with Crippen molar-refractivity contribution in [1.29, 1.82) is 0 Å². The first kappa shape index (κ1) is 26.9. The number of pyridine rings is 1. The molecule has 39 heavy (non-hydrogen) atoms. The fourth-order valence-electron chi connectivity index (χ4n) is 5.21. The molecule has 2 aromatic carbocycles. The normalized spacial score (nSPS) is 16.7. The number of halogens is 1. The number of rotatable bonds is 7. The van der Waals surface area contributed by atoms with Gasteiger partial charge in [0.15, 0.2) is 5.11 Å². The Bertz CT molecular complexity index is 1540. The highest BCUT2D eigenvalue weighted by molar-refractivity contribution is 9.10. The molecule has 0 unspecified atom stereocenters. The van der Waals surface area contributed by atoms with Crippen LogP contribution in [0.1, 0.15) is 48.1 Å². The number of aryl methyl sites for hydroxylation is 1. The van der Waals surface area contributed by atoms with E-state index >= 15 is 0 Å². The fourth-order valence-corrected chi connectivity index (χ4v) is 6.02. The predicted octanol–water partition coefficient (Wildman–Crippen LogP) is 6.79. The summed E-state index contributed by atoms with van der Waals surface area (Å²) >= 11 is 9.66. The molecular formula is C30H30BrN5O2S. The minimum Gasteiger partial charge on any atom is -0.494 e. The summed E-state index contributed by atoms with van der Waals surface area (Å²) in [4.78, 5) is 18.9. The topological polar surface area (TPSA) is 71.4 Å². The number of hydrogen-bond acceptors (Lipinski definition) is 4. The molecule has 0 radical (unpaired) electrons. The molecule has 1 amide bonds. The van der Waals surface area contributed by atoms with Gasteiger partial charge in [-0.1, -0.05) is 25.1 Å². The zero-order valence-electron chi connectivity index (χ0n) is 22.2. The average Bonchev–Trinajstić information content (AvgIpc) is 3.44. The lowest BCUT2D eigenvalue weighted by molar-refractivity contribution is -0.115. The number of methoxy groups -OCH3 is 1. The summed E-state index contributed by atoms with van der Waals surface area (Å²) in [6.45, 7) is 6.07. The number of anilines is 2. The summed E-state index contributed by atoms with van der Waals surface area (Å²) in [5.41, 5.74) is 6.81. The second-order valence-electron chi connectivity index (χ2n) is 9.40. The van der Waals surface area contributed by atoms with Gasteiger partial charge in [-0.3, -0.25) is 9.78 Å². The van der Waals surface area contributed by atoms with Gasteiger partial charge in [-0.15, -0.1) is 0 Å². The SMILES string of the molecule is CCC(=O)Nc1ccc(N2C(=S)N[C@H](c3ccccn3)[C@H]2c2cc(C)n(-c3ccccc3Br)c2C)cc1OC. The van der Waals surface area contributed by atoms with Crippen LogP contribution in [0.5, 0.6) is 5.75 Å². The molecule has 200 valence electrons. The quantitative estimate of drug-likeness (QED) is 0.227. The van der Waals surface area contributed by atoms with E-state index in [1.807, 2.05) is 61.5 Å². The van der Waals surface area contributed by atoms with Crippen LogP contribution < -0.4 is 20.3 Å². The standard InChI is InChI=1S/C30H30BrN5O2S/c1-5-27(37)33-23-14-13-20(17-26(23)38-4)36-29(28(34-30(36)39)24-11-8-9-15-32-24)21-16-18(2)35(19(21)3)25-12-7-6-10-22(25)31/h6-17,28-29H,5H2,1-4H3,(H,33,37)(H,34,39)/t28-,29-/m1/s1. The van der Waals surface area contributed by atoms with E-state index in [0.717, 1.165) is 38.5 Å². The van der Waals surface area contributed by atoms with Gasteiger partial charge in [-0.05, 0) is 90.0 Å². The highest BCUT2D eigenvalue weighted by Gasteiger charge is 2.42. The Morgan fingerprint density at radius 2 is 1.90 bits per heavy atom. The van der Waals surface area contributed by atoms with E-state index in [4.69, 9.17) is 17.0 Å². The smallest absolute Gasteiger partial charge is 0.224 e. The molecule has 1 aliphatic rings. The summed E-state index contributed by atoms with van der Waals surface area (Å²) in [5, 5.41) is 7.04. The Kier molecular flexibility index (Phi) is 7.72. The zero-order valence-corrected chi connectivity index (χ0v) is 24.6. The Balaban J connectivity index is 1.66. The van der Waals surface area contributed by atoms with E-state index in [-0.39, 0.29) is 18.0 Å². The van der Waals surface area contributed by atoms with Crippen LogP contribution >= 0.6 is 28.1 Å². The molecule has 1 aliphatic heterocycles. The molecule has 2 aromatic heterocycles. The third-order valence-electron chi connectivity index (χ3n) is 7.04. The van der Waals surface area contributed by atoms with Gasteiger partial charge in [-0.25, -0.2) is 0 Å². The Morgan fingerprint density at radius 3 is 2.59 bits per heavy atom. The van der Waals surface area contributed by atoms with E-state index < -0.39 is 0 Å². The number of thiocarbonyl (C=S) groups is 1. The van der Waals surface area contributed by atoms with E-state index in [1.54, 1.807) is 13.3 Å². The van der Waals surface area contributed by atoms with Crippen molar-refractivity contribution >= 4 is 50.5 Å². The van der Waals surface area contributed by atoms with Crippen LogP contribution in [0.2, 0.25) is 0 Å². The maximum absolute atomic E-state index is 12.1. The lowest BCUT2D eigenvalue weighted by Crippen LogP contribution is -2.29. The molecule has 1 fully saturated rings. The van der Waals surface area contributed by atoms with Crippen molar-refractivity contribution in [2.24, 2.45) is 0 Å². The monoisotopic (exact) mass is 603 g/mol. The number of aromatic nitrogens is 2. The van der Waals surface area contributed by atoms with Crippen molar-refractivity contribution < 1.29 is 9.53 Å². The lowest BCUT2D eigenvalue weighted by Gasteiger charge is -2.29. The van der Waals surface area contributed by atoms with Crippen LogP contribution in [0, 0.1) is 13.8 Å². The molecule has 0 saturated carbocycles. The van der Waals surface area contributed by atoms with Gasteiger partial charge in [0, 0.05) is 40.2 Å². The summed E-state index contributed by atoms with van der Waals surface area (Å²) in [7, 11) is 1.60. The lowest BCUT2D eigenvalue weighted by atomic mass is 9.96. The number of carbonyl (C=O) groups excluding carboxylic acids is 1. The van der Waals surface area contributed by atoms with Gasteiger partial charge in [0.05, 0.1) is 36.3 Å². The second kappa shape index (κ2) is 11.2. The molecule has 3 heterocycles. The minimum absolute atomic E-state index is 0.0768. The van der Waals surface area contributed by atoms with Crippen molar-refractivity contribution in [3.63, 3.8) is 0 Å². The van der Waals surface area contributed by atoms with E-state index in [0.29, 0.717) is 23.0 Å². The number of ether oxygens (including phenoxy) is 1. The summed E-state index contributed by atoms with van der Waals surface area (Å²) in [6, 6.07) is 21.7. The maximum Gasteiger partial charge on any atom is 0.224 e. The molecule has 2 N–H and O–H groups in total. The number of nitrogens with zero attached hydrogens (tertiary/aromatic N) is 3. The first-order valence-electron chi connectivity index (χ1n) is 12.8. The minimum atomic E-state index is -0.185. The average molecular weight is 605 g/mol. The Morgan fingerprint density at radius 1 is 1.13 bits per heavy atom. The summed E-state index contributed by atoms with van der Waals surface area (Å²) in [5.74, 6) is 0.489. The molecule has 2 atom stereocenters. The third-order valence-corrected chi connectivity index (χ3v) is 8.02. The fraction of sp³-hybridized carbons (Fsp3) is 0.233. The van der Waals surface area contributed by atoms with Crippen LogP contribution in [0.3, 0.4) is 0 Å². The van der Waals surface area contributed by atoms with Crippen LogP contribution in [0.4, 0.5) is 11.4 Å². The van der Waals surface area contributed by atoms with Gasteiger partial charge in [0.1, 0.15) is 5.75 Å². The molecule has 0 spiro atoms. The number of amides is 1. The largest absolute Gasteiger partial charge is 0.494 e. The molecule has 0 aliphatic carbocycles. The Labute approximate surface area is 242 Å². The van der Waals surface area contributed by atoms with Crippen molar-refractivity contribution in [3.05, 3.63) is 100 Å². The molecular weight excluding hydrogens is 574 g/mol. The first-order valence-corrected chi connectivity index (χ1v) is 14.0. The predicted molar refractivity (Wildman–Crippen MR) is 163 cm³/mol.